The second-order valence-electron chi connectivity index (χ2n) is 5.63. The number of amides is 1. The van der Waals surface area contributed by atoms with Gasteiger partial charge in [0.25, 0.3) is 0 Å². The van der Waals surface area contributed by atoms with Gasteiger partial charge in [-0.2, -0.15) is 4.79 Å². The average Bonchev–Trinajstić information content (AvgIpc) is 3.26. The third-order valence-electron chi connectivity index (χ3n) is 4.43. The van der Waals surface area contributed by atoms with Gasteiger partial charge < -0.3 is 10.1 Å². The summed E-state index contributed by atoms with van der Waals surface area (Å²) in [5, 5.41) is 11.6. The molecule has 0 saturated carbocycles. The van der Waals surface area contributed by atoms with Crippen LogP contribution in [-0.2, 0) is 10.4 Å². The smallest absolute Gasteiger partial charge is 0.400 e. The number of halogens is 1. The lowest BCUT2D eigenvalue weighted by atomic mass is 10.1. The molecule has 9 heteroatoms. The Morgan fingerprint density at radius 3 is 2.71 bits per heavy atom. The number of nitrogens with zero attached hydrogens (tertiary/aromatic N) is 4. The van der Waals surface area contributed by atoms with Crippen molar-refractivity contribution in [3.63, 3.8) is 0 Å². The molecule has 0 aliphatic carbocycles. The van der Waals surface area contributed by atoms with Crippen molar-refractivity contribution >= 4 is 23.1 Å². The monoisotopic (exact) mass is 349 g/mol. The first-order valence-corrected chi connectivity index (χ1v) is 8.50. The second-order valence-corrected chi connectivity index (χ2v) is 6.47. The van der Waals surface area contributed by atoms with E-state index in [0.29, 0.717) is 31.2 Å². The van der Waals surface area contributed by atoms with E-state index in [1.54, 1.807) is 30.3 Å². The molecule has 1 N–H and O–H groups in total. The maximum atomic E-state index is 16.4. The van der Waals surface area contributed by atoms with Crippen molar-refractivity contribution in [1.82, 2.24) is 25.1 Å². The van der Waals surface area contributed by atoms with Gasteiger partial charge in [0.1, 0.15) is 5.51 Å². The van der Waals surface area contributed by atoms with E-state index < -0.39 is 16.5 Å². The van der Waals surface area contributed by atoms with Crippen LogP contribution >= 0.6 is 11.3 Å². The molecule has 2 aliphatic heterocycles. The molecule has 7 nitrogen and oxygen atoms in total. The first-order chi connectivity index (χ1) is 11.7. The van der Waals surface area contributed by atoms with Gasteiger partial charge >= 0.3 is 11.8 Å². The Labute approximate surface area is 142 Å². The number of carbonyl (C=O) groups excluding carboxylic acids is 1. The Balaban J connectivity index is 1.93. The quantitative estimate of drug-likeness (QED) is 0.853. The first kappa shape index (κ1) is 15.6. The summed E-state index contributed by atoms with van der Waals surface area (Å²) in [6.45, 7) is 3.77. The van der Waals surface area contributed by atoms with Gasteiger partial charge in [0, 0.05) is 47.5 Å². The second kappa shape index (κ2) is 5.85. The third-order valence-corrected chi connectivity index (χ3v) is 5.24. The molecule has 2 aromatic rings. The molecule has 2 atom stereocenters. The molecule has 125 valence electrons. The highest BCUT2D eigenvalue weighted by molar-refractivity contribution is 7.09. The van der Waals surface area contributed by atoms with E-state index >= 15 is 4.48 Å². The molecular weight excluding hydrogens is 333 g/mol. The van der Waals surface area contributed by atoms with Gasteiger partial charge in [-0.1, -0.05) is 29.5 Å². The van der Waals surface area contributed by atoms with Crippen LogP contribution < -0.4 is 10.0 Å². The number of carbonyl (C=O) groups is 1. The molecule has 3 heterocycles. The summed E-state index contributed by atoms with van der Waals surface area (Å²) in [6.07, 6.45) is -0.977. The van der Waals surface area contributed by atoms with Crippen molar-refractivity contribution in [1.29, 1.82) is 0 Å². The summed E-state index contributed by atoms with van der Waals surface area (Å²) in [7, 11) is 0. The predicted molar refractivity (Wildman–Crippen MR) is 86.2 cm³/mol. The van der Waals surface area contributed by atoms with Gasteiger partial charge in [0.2, 0.25) is 11.6 Å². The van der Waals surface area contributed by atoms with Crippen LogP contribution in [0.3, 0.4) is 0 Å². The van der Waals surface area contributed by atoms with E-state index in [1.807, 2.05) is 4.90 Å². The minimum atomic E-state index is -1.52. The summed E-state index contributed by atoms with van der Waals surface area (Å²) < 4.78 is 20.0. The Hall–Kier alpha value is -1.94. The minimum Gasteiger partial charge on any atom is -0.400 e. The summed E-state index contributed by atoms with van der Waals surface area (Å²) in [5.41, 5.74) is 0.262. The van der Waals surface area contributed by atoms with Crippen LogP contribution in [0.4, 0.5) is 15.0 Å². The molecule has 1 aromatic carbocycles. The van der Waals surface area contributed by atoms with Crippen LogP contribution in [0.2, 0.25) is 0 Å². The molecule has 2 unspecified atom stereocenters. The molecule has 2 fully saturated rings. The topological polar surface area (TPSA) is 67.3 Å². The van der Waals surface area contributed by atoms with Crippen molar-refractivity contribution in [2.45, 2.75) is 5.66 Å². The van der Waals surface area contributed by atoms with Crippen molar-refractivity contribution in [3.05, 3.63) is 47.5 Å². The number of aromatic nitrogens is 2. The number of hydrogen-bond acceptors (Lipinski definition) is 7. The highest BCUT2D eigenvalue weighted by Gasteiger charge is 2.74. The minimum absolute atomic E-state index is 0.199. The average molecular weight is 349 g/mol. The Morgan fingerprint density at radius 1 is 1.29 bits per heavy atom. The number of rotatable bonds is 3. The first-order valence-electron chi connectivity index (χ1n) is 7.62. The number of ether oxygens (including phenoxy) is 1. The zero-order chi connectivity index (χ0) is 16.6. The van der Waals surface area contributed by atoms with E-state index in [9.17, 15) is 4.79 Å². The van der Waals surface area contributed by atoms with Crippen LogP contribution in [0.1, 0.15) is 5.01 Å². The molecule has 24 heavy (non-hydrogen) atoms. The van der Waals surface area contributed by atoms with E-state index in [1.165, 1.54) is 23.5 Å². The van der Waals surface area contributed by atoms with Crippen molar-refractivity contribution in [2.24, 2.45) is 0 Å². The fourth-order valence-corrected chi connectivity index (χ4v) is 4.04. The zero-order valence-electron chi connectivity index (χ0n) is 12.8. The van der Waals surface area contributed by atoms with Gasteiger partial charge in [-0.15, -0.1) is 10.2 Å². The molecule has 0 spiro atoms. The summed E-state index contributed by atoms with van der Waals surface area (Å²) in [4.78, 5) is 14.4. The summed E-state index contributed by atoms with van der Waals surface area (Å²) in [5.74, 6) is 0. The maximum Gasteiger partial charge on any atom is 0.564 e. The molecule has 2 aliphatic rings. The lowest BCUT2D eigenvalue weighted by molar-refractivity contribution is -0.0940. The molecule has 4 rings (SSSR count). The fraction of sp³-hybridized carbons (Fsp3) is 0.333. The highest BCUT2D eigenvalue weighted by Crippen LogP contribution is 2.51. The number of piperazine rings is 1. The Morgan fingerprint density at radius 2 is 2.04 bits per heavy atom. The highest BCUT2D eigenvalue weighted by atomic mass is 32.1. The van der Waals surface area contributed by atoms with E-state index in [0.717, 1.165) is 0 Å². The zero-order valence-corrected chi connectivity index (χ0v) is 13.6. The Bertz CT molecular complexity index is 725. The lowest BCUT2D eigenvalue weighted by Gasteiger charge is -2.41. The van der Waals surface area contributed by atoms with Gasteiger partial charge in [-0.25, -0.2) is 4.90 Å². The molecule has 1 amide bonds. The summed E-state index contributed by atoms with van der Waals surface area (Å²) >= 11 is 1.21. The normalized spacial score (nSPS) is 31.1. The number of para-hydroxylation sites is 1. The number of hydrogen-bond donors (Lipinski definition) is 1. The van der Waals surface area contributed by atoms with Gasteiger partial charge in [0.05, 0.1) is 0 Å². The van der Waals surface area contributed by atoms with Gasteiger partial charge in [-0.05, 0) is 0 Å². The summed E-state index contributed by atoms with van der Waals surface area (Å²) in [6, 6.07) is 8.33. The van der Waals surface area contributed by atoms with Crippen molar-refractivity contribution in [2.75, 3.05) is 26.2 Å². The van der Waals surface area contributed by atoms with Crippen molar-refractivity contribution < 1.29 is 14.0 Å². The fourth-order valence-electron chi connectivity index (χ4n) is 3.28. The van der Waals surface area contributed by atoms with Crippen LogP contribution in [0.25, 0.3) is 0 Å². The third kappa shape index (κ3) is 2.02. The van der Waals surface area contributed by atoms with Crippen molar-refractivity contribution in [3.8, 4) is 0 Å². The van der Waals surface area contributed by atoms with E-state index in [4.69, 9.17) is 4.74 Å². The lowest BCUT2D eigenvalue weighted by Crippen LogP contribution is -2.67. The number of nitrogens with one attached hydrogen (secondary N) is 1. The molecule has 0 bridgehead atoms. The molecule has 1 aromatic heterocycles. The largest absolute Gasteiger partial charge is 0.564 e. The van der Waals surface area contributed by atoms with E-state index in [-0.39, 0.29) is 5.69 Å². The molecule has 2 saturated heterocycles. The van der Waals surface area contributed by atoms with Crippen LogP contribution in [0.5, 0.6) is 0 Å². The number of cyclic esters (lactones) is 1. The van der Waals surface area contributed by atoms with Gasteiger partial charge in [0.15, 0.2) is 5.69 Å². The van der Waals surface area contributed by atoms with Gasteiger partial charge in [-0.3, -0.25) is 0 Å². The van der Waals surface area contributed by atoms with E-state index in [2.05, 4.69) is 15.5 Å². The molecular formula is C15H16FN5O2S+. The SMILES string of the molecule is O=C1O[CH]C(c2nncs2)(N2CCNCC2)[N+]1(F)c1ccccc1. The number of quaternary nitrogens is 1. The Kier molecular flexibility index (Phi) is 3.80. The predicted octanol–water partition coefficient (Wildman–Crippen LogP) is 1.80. The maximum absolute atomic E-state index is 16.4. The standard InChI is InChI=1S/C15H16FN5O2S/c16-21(12-4-2-1-3-5-12)14(22)23-10-15(21,13-19-18-11-24-13)20-8-6-17-7-9-20/h1-5,10-11,17H,6-9H2/q+1. The van der Waals surface area contributed by atoms with Crippen LogP contribution in [-0.4, -0.2) is 47.4 Å². The molecule has 1 radical (unpaired) electrons. The van der Waals surface area contributed by atoms with Crippen LogP contribution in [0, 0.1) is 6.61 Å². The van der Waals surface area contributed by atoms with Crippen LogP contribution in [0.15, 0.2) is 35.8 Å². The number of benzene rings is 1.